The monoisotopic (exact) mass is 245 g/mol. The minimum atomic E-state index is 0.135. The molecule has 2 aromatic rings. The first kappa shape index (κ1) is 12.7. The smallest absolute Gasteiger partial charge is 0.165 e. The van der Waals surface area contributed by atoms with Crippen LogP contribution in [0.5, 0.6) is 5.75 Å². The molecule has 1 aromatic carbocycles. The number of aromatic amines is 1. The van der Waals surface area contributed by atoms with E-state index in [1.165, 1.54) is 0 Å². The number of Topliss-reactive ketones (excluding diaryl/α,β-unsaturated/α-hetero) is 1. The van der Waals surface area contributed by atoms with Gasteiger partial charge in [-0.25, -0.2) is 0 Å². The standard InChI is InChI=1S/C15H19NO2/c1-4-5-15(17)13-9-16-14-7-6-11(8-12(13)14)18-10(2)3/h6-10,16H,4-5H2,1-3H3. The lowest BCUT2D eigenvalue weighted by Crippen LogP contribution is -2.05. The van der Waals surface area contributed by atoms with Gasteiger partial charge in [-0.1, -0.05) is 6.92 Å². The molecule has 1 heterocycles. The Morgan fingerprint density at radius 1 is 1.39 bits per heavy atom. The van der Waals surface area contributed by atoms with Crippen LogP contribution in [0.3, 0.4) is 0 Å². The summed E-state index contributed by atoms with van der Waals surface area (Å²) in [6.45, 7) is 6.00. The third-order valence-electron chi connectivity index (χ3n) is 2.80. The van der Waals surface area contributed by atoms with Crippen molar-refractivity contribution in [3.05, 3.63) is 30.0 Å². The van der Waals surface area contributed by atoms with E-state index in [-0.39, 0.29) is 11.9 Å². The Labute approximate surface area is 107 Å². The van der Waals surface area contributed by atoms with Crippen LogP contribution in [-0.2, 0) is 0 Å². The number of fused-ring (bicyclic) bond motifs is 1. The fraction of sp³-hybridized carbons (Fsp3) is 0.400. The summed E-state index contributed by atoms with van der Waals surface area (Å²) in [5, 5.41) is 0.951. The molecule has 0 aliphatic heterocycles. The normalized spacial score (nSPS) is 11.1. The molecule has 0 aliphatic rings. The second-order valence-corrected chi connectivity index (χ2v) is 4.75. The Morgan fingerprint density at radius 3 is 2.83 bits per heavy atom. The van der Waals surface area contributed by atoms with Gasteiger partial charge in [0, 0.05) is 29.1 Å². The van der Waals surface area contributed by atoms with Crippen molar-refractivity contribution in [2.75, 3.05) is 0 Å². The first-order valence-corrected chi connectivity index (χ1v) is 6.42. The molecule has 0 saturated heterocycles. The highest BCUT2D eigenvalue weighted by atomic mass is 16.5. The van der Waals surface area contributed by atoms with Gasteiger partial charge in [-0.2, -0.15) is 0 Å². The first-order chi connectivity index (χ1) is 8.61. The number of ketones is 1. The van der Waals surface area contributed by atoms with Crippen molar-refractivity contribution in [3.8, 4) is 5.75 Å². The van der Waals surface area contributed by atoms with Crippen molar-refractivity contribution in [2.45, 2.75) is 39.7 Å². The summed E-state index contributed by atoms with van der Waals surface area (Å²) in [6, 6.07) is 5.82. The molecule has 3 nitrogen and oxygen atoms in total. The fourth-order valence-corrected chi connectivity index (χ4v) is 2.04. The SMILES string of the molecule is CCCC(=O)c1c[nH]c2ccc(OC(C)C)cc12. The Morgan fingerprint density at radius 2 is 2.17 bits per heavy atom. The predicted molar refractivity (Wildman–Crippen MR) is 73.3 cm³/mol. The number of benzene rings is 1. The molecule has 0 fully saturated rings. The second kappa shape index (κ2) is 5.25. The van der Waals surface area contributed by atoms with Crippen molar-refractivity contribution in [2.24, 2.45) is 0 Å². The van der Waals surface area contributed by atoms with E-state index in [0.717, 1.165) is 28.6 Å². The molecule has 0 amide bonds. The highest BCUT2D eigenvalue weighted by Gasteiger charge is 2.12. The van der Waals surface area contributed by atoms with Crippen LogP contribution >= 0.6 is 0 Å². The molecule has 0 spiro atoms. The minimum absolute atomic E-state index is 0.135. The van der Waals surface area contributed by atoms with Crippen LogP contribution in [0.25, 0.3) is 10.9 Å². The Hall–Kier alpha value is -1.77. The van der Waals surface area contributed by atoms with Gasteiger partial charge in [0.05, 0.1) is 6.10 Å². The molecule has 0 unspecified atom stereocenters. The van der Waals surface area contributed by atoms with Gasteiger partial charge in [0.1, 0.15) is 5.75 Å². The highest BCUT2D eigenvalue weighted by Crippen LogP contribution is 2.25. The number of hydrogen-bond acceptors (Lipinski definition) is 2. The maximum absolute atomic E-state index is 12.0. The van der Waals surface area contributed by atoms with E-state index in [1.807, 2.05) is 39.0 Å². The number of nitrogens with one attached hydrogen (secondary N) is 1. The van der Waals surface area contributed by atoms with Crippen LogP contribution < -0.4 is 4.74 Å². The molecule has 1 N–H and O–H groups in total. The van der Waals surface area contributed by atoms with Crippen molar-refractivity contribution >= 4 is 16.7 Å². The van der Waals surface area contributed by atoms with E-state index in [2.05, 4.69) is 4.98 Å². The van der Waals surface area contributed by atoms with E-state index >= 15 is 0 Å². The van der Waals surface area contributed by atoms with E-state index < -0.39 is 0 Å². The highest BCUT2D eigenvalue weighted by molar-refractivity contribution is 6.08. The number of aromatic nitrogens is 1. The summed E-state index contributed by atoms with van der Waals surface area (Å²) >= 11 is 0. The lowest BCUT2D eigenvalue weighted by atomic mass is 10.1. The molecule has 0 aliphatic carbocycles. The Balaban J connectivity index is 2.40. The summed E-state index contributed by atoms with van der Waals surface area (Å²) < 4.78 is 5.66. The fourth-order valence-electron chi connectivity index (χ4n) is 2.04. The van der Waals surface area contributed by atoms with Gasteiger partial charge in [0.25, 0.3) is 0 Å². The van der Waals surface area contributed by atoms with E-state index in [4.69, 9.17) is 4.74 Å². The van der Waals surface area contributed by atoms with Crippen LogP contribution in [0.2, 0.25) is 0 Å². The van der Waals surface area contributed by atoms with Gasteiger partial charge >= 0.3 is 0 Å². The van der Waals surface area contributed by atoms with Crippen molar-refractivity contribution < 1.29 is 9.53 Å². The third kappa shape index (κ3) is 2.55. The third-order valence-corrected chi connectivity index (χ3v) is 2.80. The molecule has 0 radical (unpaired) electrons. The topological polar surface area (TPSA) is 42.1 Å². The van der Waals surface area contributed by atoms with Gasteiger partial charge in [0.15, 0.2) is 5.78 Å². The lowest BCUT2D eigenvalue weighted by molar-refractivity contribution is 0.0983. The van der Waals surface area contributed by atoms with E-state index in [0.29, 0.717) is 6.42 Å². The molecule has 2 rings (SSSR count). The van der Waals surface area contributed by atoms with Gasteiger partial charge in [-0.3, -0.25) is 4.79 Å². The van der Waals surface area contributed by atoms with Crippen molar-refractivity contribution in [1.82, 2.24) is 4.98 Å². The summed E-state index contributed by atoms with van der Waals surface area (Å²) in [4.78, 5) is 15.1. The van der Waals surface area contributed by atoms with Gasteiger partial charge in [-0.05, 0) is 38.5 Å². The largest absolute Gasteiger partial charge is 0.491 e. The second-order valence-electron chi connectivity index (χ2n) is 4.75. The predicted octanol–water partition coefficient (Wildman–Crippen LogP) is 3.94. The van der Waals surface area contributed by atoms with Gasteiger partial charge in [0.2, 0.25) is 0 Å². The first-order valence-electron chi connectivity index (χ1n) is 6.42. The van der Waals surface area contributed by atoms with E-state index in [9.17, 15) is 4.79 Å². The molecule has 3 heteroatoms. The van der Waals surface area contributed by atoms with Gasteiger partial charge in [-0.15, -0.1) is 0 Å². The number of H-pyrrole nitrogens is 1. The quantitative estimate of drug-likeness (QED) is 0.811. The zero-order chi connectivity index (χ0) is 13.1. The van der Waals surface area contributed by atoms with Crippen molar-refractivity contribution in [3.63, 3.8) is 0 Å². The minimum Gasteiger partial charge on any atom is -0.491 e. The maximum Gasteiger partial charge on any atom is 0.165 e. The van der Waals surface area contributed by atoms with Crippen molar-refractivity contribution in [1.29, 1.82) is 0 Å². The van der Waals surface area contributed by atoms with Crippen LogP contribution in [0.15, 0.2) is 24.4 Å². The summed E-state index contributed by atoms with van der Waals surface area (Å²) in [5.74, 6) is 0.994. The molecular formula is C15H19NO2. The molecular weight excluding hydrogens is 226 g/mol. The molecule has 1 aromatic heterocycles. The number of carbonyl (C=O) groups excluding carboxylic acids is 1. The number of carbonyl (C=O) groups is 1. The molecule has 0 saturated carbocycles. The number of rotatable bonds is 5. The maximum atomic E-state index is 12.0. The molecule has 0 atom stereocenters. The molecule has 0 bridgehead atoms. The average molecular weight is 245 g/mol. The van der Waals surface area contributed by atoms with Gasteiger partial charge < -0.3 is 9.72 Å². The summed E-state index contributed by atoms with van der Waals surface area (Å²) in [5.41, 5.74) is 1.74. The average Bonchev–Trinajstić information content (AvgIpc) is 2.71. The van der Waals surface area contributed by atoms with Crippen LogP contribution in [0.1, 0.15) is 44.0 Å². The number of hydrogen-bond donors (Lipinski definition) is 1. The number of ether oxygens (including phenoxy) is 1. The molecule has 96 valence electrons. The van der Waals surface area contributed by atoms with Crippen LogP contribution in [0.4, 0.5) is 0 Å². The van der Waals surface area contributed by atoms with Crippen LogP contribution in [0, 0.1) is 0 Å². The van der Waals surface area contributed by atoms with Crippen LogP contribution in [-0.4, -0.2) is 16.9 Å². The summed E-state index contributed by atoms with van der Waals surface area (Å²) in [6.07, 6.45) is 3.38. The zero-order valence-electron chi connectivity index (χ0n) is 11.1. The lowest BCUT2D eigenvalue weighted by Gasteiger charge is -2.09. The zero-order valence-corrected chi connectivity index (χ0v) is 11.1. The molecule has 18 heavy (non-hydrogen) atoms. The van der Waals surface area contributed by atoms with E-state index in [1.54, 1.807) is 6.20 Å². The Kier molecular flexibility index (Phi) is 3.70. The summed E-state index contributed by atoms with van der Waals surface area (Å²) in [7, 11) is 0. The Bertz CT molecular complexity index is 555.